The smallest absolute Gasteiger partial charge is 0.119 e. The predicted molar refractivity (Wildman–Crippen MR) is 116 cm³/mol. The van der Waals surface area contributed by atoms with E-state index < -0.39 is 6.10 Å². The molecule has 1 fully saturated rings. The van der Waals surface area contributed by atoms with Gasteiger partial charge >= 0.3 is 0 Å². The summed E-state index contributed by atoms with van der Waals surface area (Å²) in [5.74, 6) is 0.820. The molecule has 0 spiro atoms. The van der Waals surface area contributed by atoms with Gasteiger partial charge in [0.05, 0.1) is 0 Å². The highest BCUT2D eigenvalue weighted by Gasteiger charge is 2.18. The Labute approximate surface area is 172 Å². The van der Waals surface area contributed by atoms with E-state index in [0.29, 0.717) is 13.2 Å². The third-order valence-electron chi connectivity index (χ3n) is 5.15. The van der Waals surface area contributed by atoms with Crippen LogP contribution in [0.15, 0.2) is 36.4 Å². The zero-order valence-electron chi connectivity index (χ0n) is 17.1. The molecule has 1 aromatic heterocycles. The molecule has 0 radical (unpaired) electrons. The van der Waals surface area contributed by atoms with Crippen molar-refractivity contribution in [1.29, 1.82) is 0 Å². The van der Waals surface area contributed by atoms with Crippen molar-refractivity contribution in [3.8, 4) is 5.75 Å². The molecular weight excluding hydrogens is 370 g/mol. The normalized spacial score (nSPS) is 17.0. The number of aliphatic hydroxyl groups is 1. The Hall–Kier alpha value is -1.44. The van der Waals surface area contributed by atoms with Crippen molar-refractivity contribution in [3.05, 3.63) is 51.7 Å². The molecule has 1 aliphatic rings. The molecule has 1 unspecified atom stereocenters. The number of aryl methyl sites for hydroxylation is 1. The van der Waals surface area contributed by atoms with E-state index in [1.165, 1.54) is 15.3 Å². The predicted octanol–water partition coefficient (Wildman–Crippen LogP) is 2.72. The van der Waals surface area contributed by atoms with Crippen molar-refractivity contribution in [2.45, 2.75) is 33.0 Å². The van der Waals surface area contributed by atoms with Crippen molar-refractivity contribution in [3.63, 3.8) is 0 Å². The monoisotopic (exact) mass is 403 g/mol. The van der Waals surface area contributed by atoms with Gasteiger partial charge in [0.2, 0.25) is 0 Å². The molecule has 2 heterocycles. The summed E-state index contributed by atoms with van der Waals surface area (Å²) in [6.45, 7) is 12.4. The maximum Gasteiger partial charge on any atom is 0.119 e. The van der Waals surface area contributed by atoms with Gasteiger partial charge in [0, 0.05) is 55.6 Å². The maximum absolute atomic E-state index is 10.3. The van der Waals surface area contributed by atoms with Gasteiger partial charge in [-0.2, -0.15) is 0 Å². The summed E-state index contributed by atoms with van der Waals surface area (Å²) in [6, 6.07) is 12.5. The first-order valence-corrected chi connectivity index (χ1v) is 11.0. The van der Waals surface area contributed by atoms with Crippen LogP contribution < -0.4 is 10.1 Å². The van der Waals surface area contributed by atoms with E-state index in [-0.39, 0.29) is 0 Å². The average molecular weight is 404 g/mol. The summed E-state index contributed by atoms with van der Waals surface area (Å²) in [5, 5.41) is 13.8. The van der Waals surface area contributed by atoms with Crippen LogP contribution in [-0.2, 0) is 13.1 Å². The molecule has 1 aliphatic heterocycles. The highest BCUT2D eigenvalue weighted by Crippen LogP contribution is 2.16. The second kappa shape index (κ2) is 10.9. The number of hydrogen-bond donors (Lipinski definition) is 2. The SMILES string of the molecule is CCN1CCN(CC(O)COc2cccc(CNCc3ccc(C)s3)c2)CC1. The zero-order chi connectivity index (χ0) is 19.8. The quantitative estimate of drug-likeness (QED) is 0.639. The van der Waals surface area contributed by atoms with Crippen LogP contribution in [0, 0.1) is 6.92 Å². The fourth-order valence-electron chi connectivity index (χ4n) is 3.49. The van der Waals surface area contributed by atoms with Crippen molar-refractivity contribution in [2.75, 3.05) is 45.9 Å². The summed E-state index contributed by atoms with van der Waals surface area (Å²) >= 11 is 1.83. The fraction of sp³-hybridized carbons (Fsp3) is 0.545. The van der Waals surface area contributed by atoms with E-state index in [2.05, 4.69) is 53.2 Å². The molecule has 2 N–H and O–H groups in total. The van der Waals surface area contributed by atoms with Crippen LogP contribution in [0.2, 0.25) is 0 Å². The lowest BCUT2D eigenvalue weighted by molar-refractivity contribution is 0.0471. The highest BCUT2D eigenvalue weighted by molar-refractivity contribution is 7.11. The third kappa shape index (κ3) is 6.87. The van der Waals surface area contributed by atoms with Crippen LogP contribution in [-0.4, -0.2) is 66.9 Å². The molecule has 1 saturated heterocycles. The standard InChI is InChI=1S/C22H33N3O2S/c1-3-24-9-11-25(12-10-24)16-20(26)17-27-21-6-4-5-19(13-21)14-23-15-22-8-7-18(2)28-22/h4-8,13,20,23,26H,3,9-12,14-17H2,1-2H3. The molecule has 5 nitrogen and oxygen atoms in total. The van der Waals surface area contributed by atoms with Crippen LogP contribution in [0.1, 0.15) is 22.2 Å². The van der Waals surface area contributed by atoms with Crippen molar-refractivity contribution < 1.29 is 9.84 Å². The number of benzene rings is 1. The van der Waals surface area contributed by atoms with Crippen LogP contribution in [0.4, 0.5) is 0 Å². The number of β-amino-alcohol motifs (C(OH)–C–C–N with tert-alkyl or cyclic N) is 1. The zero-order valence-corrected chi connectivity index (χ0v) is 17.9. The lowest BCUT2D eigenvalue weighted by Crippen LogP contribution is -2.49. The minimum Gasteiger partial charge on any atom is -0.491 e. The second-order valence-corrected chi connectivity index (χ2v) is 8.84. The summed E-state index contributed by atoms with van der Waals surface area (Å²) in [7, 11) is 0. The molecule has 0 amide bonds. The molecule has 1 aromatic carbocycles. The van der Waals surface area contributed by atoms with Crippen molar-refractivity contribution in [1.82, 2.24) is 15.1 Å². The van der Waals surface area contributed by atoms with E-state index in [9.17, 15) is 5.11 Å². The molecular formula is C22H33N3O2S. The topological polar surface area (TPSA) is 48.0 Å². The number of ether oxygens (including phenoxy) is 1. The van der Waals surface area contributed by atoms with Gasteiger partial charge in [0.1, 0.15) is 18.5 Å². The lowest BCUT2D eigenvalue weighted by Gasteiger charge is -2.34. The van der Waals surface area contributed by atoms with Crippen LogP contribution in [0.3, 0.4) is 0 Å². The van der Waals surface area contributed by atoms with E-state index in [4.69, 9.17) is 4.74 Å². The first kappa shape index (κ1) is 21.3. The molecule has 2 aromatic rings. The van der Waals surface area contributed by atoms with Gasteiger partial charge in [-0.15, -0.1) is 11.3 Å². The van der Waals surface area contributed by atoms with Gasteiger partial charge in [-0.1, -0.05) is 19.1 Å². The minimum atomic E-state index is -0.461. The third-order valence-corrected chi connectivity index (χ3v) is 6.15. The summed E-state index contributed by atoms with van der Waals surface area (Å²) in [6.07, 6.45) is -0.461. The summed E-state index contributed by atoms with van der Waals surface area (Å²) in [4.78, 5) is 7.47. The first-order valence-electron chi connectivity index (χ1n) is 10.2. The molecule has 6 heteroatoms. The maximum atomic E-state index is 10.3. The van der Waals surface area contributed by atoms with Gasteiger partial charge in [-0.25, -0.2) is 0 Å². The number of rotatable bonds is 10. The van der Waals surface area contributed by atoms with Gasteiger partial charge < -0.3 is 20.1 Å². The van der Waals surface area contributed by atoms with Crippen molar-refractivity contribution >= 4 is 11.3 Å². The van der Waals surface area contributed by atoms with Gasteiger partial charge in [0.15, 0.2) is 0 Å². The molecule has 1 atom stereocenters. The lowest BCUT2D eigenvalue weighted by atomic mass is 10.2. The Kier molecular flexibility index (Phi) is 8.30. The van der Waals surface area contributed by atoms with Crippen LogP contribution in [0.5, 0.6) is 5.75 Å². The Morgan fingerprint density at radius 1 is 1.11 bits per heavy atom. The number of piperazine rings is 1. The van der Waals surface area contributed by atoms with E-state index in [0.717, 1.165) is 51.6 Å². The number of nitrogens with one attached hydrogen (secondary N) is 1. The minimum absolute atomic E-state index is 0.333. The Bertz CT molecular complexity index is 713. The first-order chi connectivity index (χ1) is 13.6. The number of hydrogen-bond acceptors (Lipinski definition) is 6. The number of thiophene rings is 1. The van der Waals surface area contributed by atoms with Crippen LogP contribution >= 0.6 is 11.3 Å². The van der Waals surface area contributed by atoms with Gasteiger partial charge in [-0.05, 0) is 43.3 Å². The van der Waals surface area contributed by atoms with Gasteiger partial charge in [0.25, 0.3) is 0 Å². The average Bonchev–Trinajstić information content (AvgIpc) is 3.12. The molecule has 28 heavy (non-hydrogen) atoms. The van der Waals surface area contributed by atoms with E-state index >= 15 is 0 Å². The molecule has 0 saturated carbocycles. The molecule has 0 bridgehead atoms. The Morgan fingerprint density at radius 3 is 2.61 bits per heavy atom. The fourth-order valence-corrected chi connectivity index (χ4v) is 4.35. The number of likely N-dealkylation sites (N-methyl/N-ethyl adjacent to an activating group) is 1. The Morgan fingerprint density at radius 2 is 1.89 bits per heavy atom. The number of aliphatic hydroxyl groups excluding tert-OH is 1. The summed E-state index contributed by atoms with van der Waals surface area (Å²) < 4.78 is 5.85. The Balaban J connectivity index is 1.37. The van der Waals surface area contributed by atoms with Crippen molar-refractivity contribution in [2.24, 2.45) is 0 Å². The van der Waals surface area contributed by atoms with Gasteiger partial charge in [-0.3, -0.25) is 4.90 Å². The largest absolute Gasteiger partial charge is 0.491 e. The molecule has 0 aliphatic carbocycles. The van der Waals surface area contributed by atoms with Crippen LogP contribution in [0.25, 0.3) is 0 Å². The molecule has 3 rings (SSSR count). The highest BCUT2D eigenvalue weighted by atomic mass is 32.1. The summed E-state index contributed by atoms with van der Waals surface area (Å²) in [5.41, 5.74) is 1.19. The van der Waals surface area contributed by atoms with E-state index in [1.54, 1.807) is 0 Å². The van der Waals surface area contributed by atoms with E-state index in [1.807, 2.05) is 23.5 Å². The number of nitrogens with zero attached hydrogens (tertiary/aromatic N) is 2. The second-order valence-electron chi connectivity index (χ2n) is 7.46. The molecule has 154 valence electrons.